The third-order valence-corrected chi connectivity index (χ3v) is 4.86. The predicted octanol–water partition coefficient (Wildman–Crippen LogP) is 2.54. The second kappa shape index (κ2) is 7.21. The molecule has 1 aliphatic heterocycles. The molecule has 3 rings (SSSR count). The van der Waals surface area contributed by atoms with E-state index in [9.17, 15) is 4.79 Å². The lowest BCUT2D eigenvalue weighted by Crippen LogP contribution is -2.37. The highest BCUT2D eigenvalue weighted by atomic mass is 16.6. The van der Waals surface area contributed by atoms with Crippen molar-refractivity contribution in [3.05, 3.63) is 23.8 Å². The highest BCUT2D eigenvalue weighted by molar-refractivity contribution is 5.76. The van der Waals surface area contributed by atoms with E-state index in [1.807, 2.05) is 25.1 Å². The summed E-state index contributed by atoms with van der Waals surface area (Å²) in [5, 5.41) is 3.08. The fraction of sp³-hybridized carbons (Fsp3) is 0.611. The van der Waals surface area contributed by atoms with Gasteiger partial charge in [0.15, 0.2) is 11.5 Å². The van der Waals surface area contributed by atoms with Crippen molar-refractivity contribution in [1.82, 2.24) is 5.32 Å². The summed E-state index contributed by atoms with van der Waals surface area (Å²) in [6.45, 7) is 3.14. The first-order chi connectivity index (χ1) is 11.1. The topological polar surface area (TPSA) is 73.6 Å². The summed E-state index contributed by atoms with van der Waals surface area (Å²) in [5.41, 5.74) is 7.16. The lowest BCUT2D eigenvalue weighted by Gasteiger charge is -2.28. The standard InChI is InChI=1S/C18H26N2O3/c1-12(13-6-7-16-17(10-13)23-9-8-22-16)20-18(21)11-14-4-2-3-5-15(14)19/h6-7,10,12,14-15H,2-5,8-9,11,19H2,1H3,(H,20,21). The number of benzene rings is 1. The van der Waals surface area contributed by atoms with Crippen molar-refractivity contribution in [3.63, 3.8) is 0 Å². The number of fused-ring (bicyclic) bond motifs is 1. The summed E-state index contributed by atoms with van der Waals surface area (Å²) in [4.78, 5) is 12.3. The Bertz CT molecular complexity index is 561. The smallest absolute Gasteiger partial charge is 0.220 e. The Kier molecular flexibility index (Phi) is 5.06. The minimum absolute atomic E-state index is 0.0573. The summed E-state index contributed by atoms with van der Waals surface area (Å²) in [6.07, 6.45) is 4.99. The van der Waals surface area contributed by atoms with Crippen molar-refractivity contribution >= 4 is 5.91 Å². The number of carbonyl (C=O) groups is 1. The third-order valence-electron chi connectivity index (χ3n) is 4.86. The molecule has 2 aliphatic rings. The van der Waals surface area contributed by atoms with Gasteiger partial charge in [-0.05, 0) is 43.4 Å². The monoisotopic (exact) mass is 318 g/mol. The van der Waals surface area contributed by atoms with Gasteiger partial charge in [-0.3, -0.25) is 4.79 Å². The van der Waals surface area contributed by atoms with Crippen LogP contribution in [-0.2, 0) is 4.79 Å². The molecule has 1 aromatic rings. The van der Waals surface area contributed by atoms with E-state index < -0.39 is 0 Å². The van der Waals surface area contributed by atoms with Crippen molar-refractivity contribution in [2.24, 2.45) is 11.7 Å². The normalized spacial score (nSPS) is 24.8. The van der Waals surface area contributed by atoms with Crippen LogP contribution in [0.2, 0.25) is 0 Å². The van der Waals surface area contributed by atoms with Crippen molar-refractivity contribution < 1.29 is 14.3 Å². The first kappa shape index (κ1) is 16.1. The average molecular weight is 318 g/mol. The molecule has 1 heterocycles. The van der Waals surface area contributed by atoms with Gasteiger partial charge >= 0.3 is 0 Å². The van der Waals surface area contributed by atoms with Gasteiger partial charge in [0.1, 0.15) is 13.2 Å². The molecule has 0 bridgehead atoms. The Morgan fingerprint density at radius 1 is 1.26 bits per heavy atom. The largest absolute Gasteiger partial charge is 0.486 e. The molecule has 3 atom stereocenters. The van der Waals surface area contributed by atoms with Crippen molar-refractivity contribution in [1.29, 1.82) is 0 Å². The van der Waals surface area contributed by atoms with E-state index >= 15 is 0 Å². The van der Waals surface area contributed by atoms with Crippen LogP contribution in [0.15, 0.2) is 18.2 Å². The number of carbonyl (C=O) groups excluding carboxylic acids is 1. The van der Waals surface area contributed by atoms with Crippen LogP contribution in [0.3, 0.4) is 0 Å². The predicted molar refractivity (Wildman–Crippen MR) is 88.5 cm³/mol. The Balaban J connectivity index is 1.57. The zero-order chi connectivity index (χ0) is 16.2. The van der Waals surface area contributed by atoms with Gasteiger partial charge in [0.25, 0.3) is 0 Å². The molecule has 0 spiro atoms. The molecule has 3 unspecified atom stereocenters. The van der Waals surface area contributed by atoms with Crippen molar-refractivity contribution in [2.45, 2.75) is 51.1 Å². The van der Waals surface area contributed by atoms with Gasteiger partial charge in [-0.2, -0.15) is 0 Å². The maximum atomic E-state index is 12.3. The molecule has 5 heteroatoms. The van der Waals surface area contributed by atoms with E-state index in [2.05, 4.69) is 5.32 Å². The molecule has 5 nitrogen and oxygen atoms in total. The third kappa shape index (κ3) is 3.96. The van der Waals surface area contributed by atoms with Crippen LogP contribution in [0.1, 0.15) is 50.6 Å². The van der Waals surface area contributed by atoms with Gasteiger partial charge in [0.2, 0.25) is 5.91 Å². The number of ether oxygens (including phenoxy) is 2. The molecule has 1 saturated carbocycles. The van der Waals surface area contributed by atoms with Gasteiger partial charge in [0, 0.05) is 12.5 Å². The molecule has 3 N–H and O–H groups in total. The van der Waals surface area contributed by atoms with Gasteiger partial charge in [-0.1, -0.05) is 18.9 Å². The molecule has 23 heavy (non-hydrogen) atoms. The number of amides is 1. The lowest BCUT2D eigenvalue weighted by atomic mass is 9.83. The second-order valence-electron chi connectivity index (χ2n) is 6.60. The van der Waals surface area contributed by atoms with Gasteiger partial charge in [-0.25, -0.2) is 0 Å². The maximum absolute atomic E-state index is 12.3. The number of nitrogens with two attached hydrogens (primary N) is 1. The molecule has 0 saturated heterocycles. The number of nitrogens with one attached hydrogen (secondary N) is 1. The first-order valence-corrected chi connectivity index (χ1v) is 8.58. The van der Waals surface area contributed by atoms with Gasteiger partial charge in [0.05, 0.1) is 6.04 Å². The average Bonchev–Trinajstić information content (AvgIpc) is 2.56. The number of hydrogen-bond donors (Lipinski definition) is 2. The van der Waals surface area contributed by atoms with Crippen LogP contribution < -0.4 is 20.5 Å². The quantitative estimate of drug-likeness (QED) is 0.895. The maximum Gasteiger partial charge on any atom is 0.220 e. The highest BCUT2D eigenvalue weighted by Gasteiger charge is 2.25. The summed E-state index contributed by atoms with van der Waals surface area (Å²) in [6, 6.07) is 5.94. The van der Waals surface area contributed by atoms with E-state index in [0.29, 0.717) is 25.6 Å². The minimum Gasteiger partial charge on any atom is -0.486 e. The molecule has 1 aliphatic carbocycles. The van der Waals surface area contributed by atoms with Crippen LogP contribution >= 0.6 is 0 Å². The van der Waals surface area contributed by atoms with Crippen LogP contribution in [0.5, 0.6) is 11.5 Å². The van der Waals surface area contributed by atoms with Gasteiger partial charge < -0.3 is 20.5 Å². The van der Waals surface area contributed by atoms with Crippen LogP contribution in [-0.4, -0.2) is 25.2 Å². The summed E-state index contributed by atoms with van der Waals surface area (Å²) in [5.74, 6) is 1.92. The van der Waals surface area contributed by atoms with Crippen molar-refractivity contribution in [2.75, 3.05) is 13.2 Å². The van der Waals surface area contributed by atoms with Crippen LogP contribution in [0.4, 0.5) is 0 Å². The Labute approximate surface area is 137 Å². The molecule has 0 aromatic heterocycles. The summed E-state index contributed by atoms with van der Waals surface area (Å²) in [7, 11) is 0. The fourth-order valence-electron chi connectivity index (χ4n) is 3.44. The number of rotatable bonds is 4. The molecule has 0 radical (unpaired) electrons. The van der Waals surface area contributed by atoms with Crippen LogP contribution in [0, 0.1) is 5.92 Å². The van der Waals surface area contributed by atoms with E-state index in [1.54, 1.807) is 0 Å². The Morgan fingerprint density at radius 3 is 2.78 bits per heavy atom. The first-order valence-electron chi connectivity index (χ1n) is 8.58. The fourth-order valence-corrected chi connectivity index (χ4v) is 3.44. The second-order valence-corrected chi connectivity index (χ2v) is 6.60. The van der Waals surface area contributed by atoms with E-state index in [0.717, 1.165) is 29.9 Å². The number of hydrogen-bond acceptors (Lipinski definition) is 4. The Hall–Kier alpha value is -1.75. The SMILES string of the molecule is CC(NC(=O)CC1CCCCC1N)c1ccc2c(c1)OCCO2. The molecular formula is C18H26N2O3. The van der Waals surface area contributed by atoms with Crippen LogP contribution in [0.25, 0.3) is 0 Å². The van der Waals surface area contributed by atoms with Crippen molar-refractivity contribution in [3.8, 4) is 11.5 Å². The lowest BCUT2D eigenvalue weighted by molar-refractivity contribution is -0.123. The highest BCUT2D eigenvalue weighted by Crippen LogP contribution is 2.32. The van der Waals surface area contributed by atoms with E-state index in [-0.39, 0.29) is 18.0 Å². The molecule has 1 aromatic carbocycles. The van der Waals surface area contributed by atoms with E-state index in [4.69, 9.17) is 15.2 Å². The van der Waals surface area contributed by atoms with E-state index in [1.165, 1.54) is 12.8 Å². The zero-order valence-electron chi connectivity index (χ0n) is 13.7. The zero-order valence-corrected chi connectivity index (χ0v) is 13.7. The van der Waals surface area contributed by atoms with Gasteiger partial charge in [-0.15, -0.1) is 0 Å². The molecule has 1 amide bonds. The molecular weight excluding hydrogens is 292 g/mol. The summed E-state index contributed by atoms with van der Waals surface area (Å²) >= 11 is 0. The molecule has 1 fully saturated rings. The molecule has 126 valence electrons. The summed E-state index contributed by atoms with van der Waals surface area (Å²) < 4.78 is 11.1. The minimum atomic E-state index is -0.0573. The Morgan fingerprint density at radius 2 is 2.00 bits per heavy atom.